The van der Waals surface area contributed by atoms with Crippen molar-refractivity contribution in [3.05, 3.63) is 53.3 Å². The van der Waals surface area contributed by atoms with Crippen molar-refractivity contribution in [2.45, 2.75) is 19.4 Å². The SMILES string of the molecule is O=C(NCc1nccc(N2CCCC2)n1)c1cc2ccccc2s1. The van der Waals surface area contributed by atoms with Crippen molar-refractivity contribution in [2.24, 2.45) is 0 Å². The molecule has 1 aliphatic heterocycles. The summed E-state index contributed by atoms with van der Waals surface area (Å²) in [4.78, 5) is 24.2. The lowest BCUT2D eigenvalue weighted by Gasteiger charge is -2.16. The summed E-state index contributed by atoms with van der Waals surface area (Å²) in [6.45, 7) is 2.43. The Morgan fingerprint density at radius 2 is 2.04 bits per heavy atom. The first-order chi connectivity index (χ1) is 11.8. The average Bonchev–Trinajstić information content (AvgIpc) is 3.29. The number of hydrogen-bond donors (Lipinski definition) is 1. The molecule has 0 atom stereocenters. The van der Waals surface area contributed by atoms with Crippen LogP contribution in [-0.2, 0) is 6.54 Å². The van der Waals surface area contributed by atoms with E-state index in [1.54, 1.807) is 6.20 Å². The number of carbonyl (C=O) groups is 1. The number of rotatable bonds is 4. The molecular weight excluding hydrogens is 320 g/mol. The smallest absolute Gasteiger partial charge is 0.261 e. The van der Waals surface area contributed by atoms with Crippen LogP contribution in [0.3, 0.4) is 0 Å². The summed E-state index contributed by atoms with van der Waals surface area (Å²) in [6, 6.07) is 11.9. The van der Waals surface area contributed by atoms with Crippen LogP contribution in [0.5, 0.6) is 0 Å². The van der Waals surface area contributed by atoms with Gasteiger partial charge in [0.05, 0.1) is 11.4 Å². The minimum Gasteiger partial charge on any atom is -0.357 e. The van der Waals surface area contributed by atoms with E-state index < -0.39 is 0 Å². The third kappa shape index (κ3) is 3.10. The fraction of sp³-hybridized carbons (Fsp3) is 0.278. The van der Waals surface area contributed by atoms with Crippen molar-refractivity contribution in [1.29, 1.82) is 0 Å². The van der Waals surface area contributed by atoms with Crippen molar-refractivity contribution < 1.29 is 4.79 Å². The van der Waals surface area contributed by atoms with Crippen LogP contribution in [0.15, 0.2) is 42.6 Å². The van der Waals surface area contributed by atoms with Crippen LogP contribution in [0.4, 0.5) is 5.82 Å². The number of nitrogens with zero attached hydrogens (tertiary/aromatic N) is 3. The molecule has 0 spiro atoms. The van der Waals surface area contributed by atoms with Crippen molar-refractivity contribution in [2.75, 3.05) is 18.0 Å². The van der Waals surface area contributed by atoms with Gasteiger partial charge in [-0.05, 0) is 36.4 Å². The first-order valence-corrected chi connectivity index (χ1v) is 8.95. The zero-order chi connectivity index (χ0) is 16.4. The van der Waals surface area contributed by atoms with Gasteiger partial charge in [0, 0.05) is 24.0 Å². The maximum absolute atomic E-state index is 12.4. The van der Waals surface area contributed by atoms with Gasteiger partial charge >= 0.3 is 0 Å². The zero-order valence-electron chi connectivity index (χ0n) is 13.2. The van der Waals surface area contributed by atoms with Crippen LogP contribution in [0.1, 0.15) is 28.3 Å². The Kier molecular flexibility index (Phi) is 4.13. The zero-order valence-corrected chi connectivity index (χ0v) is 14.1. The molecule has 1 N–H and O–H groups in total. The monoisotopic (exact) mass is 338 g/mol. The van der Waals surface area contributed by atoms with Gasteiger partial charge in [0.25, 0.3) is 5.91 Å². The van der Waals surface area contributed by atoms with E-state index in [0.29, 0.717) is 17.2 Å². The Bertz CT molecular complexity index is 837. The van der Waals surface area contributed by atoms with Crippen LogP contribution in [0, 0.1) is 0 Å². The Hall–Kier alpha value is -2.47. The summed E-state index contributed by atoms with van der Waals surface area (Å²) in [7, 11) is 0. The summed E-state index contributed by atoms with van der Waals surface area (Å²) in [5.41, 5.74) is 0. The summed E-state index contributed by atoms with van der Waals surface area (Å²) < 4.78 is 1.12. The predicted molar refractivity (Wildman–Crippen MR) is 96.5 cm³/mol. The second kappa shape index (κ2) is 6.57. The Labute approximate surface area is 144 Å². The lowest BCUT2D eigenvalue weighted by molar-refractivity contribution is 0.0954. The van der Waals surface area contributed by atoms with Crippen LogP contribution in [-0.4, -0.2) is 29.0 Å². The molecule has 0 radical (unpaired) electrons. The van der Waals surface area contributed by atoms with Gasteiger partial charge in [-0.3, -0.25) is 4.79 Å². The van der Waals surface area contributed by atoms with E-state index in [9.17, 15) is 4.79 Å². The van der Waals surface area contributed by atoms with Gasteiger partial charge in [0.15, 0.2) is 0 Å². The normalized spacial score (nSPS) is 14.2. The number of anilines is 1. The average molecular weight is 338 g/mol. The Morgan fingerprint density at radius 1 is 1.21 bits per heavy atom. The van der Waals surface area contributed by atoms with Crippen molar-refractivity contribution in [3.8, 4) is 0 Å². The second-order valence-corrected chi connectivity index (χ2v) is 6.94. The predicted octanol–water partition coefficient (Wildman–Crippen LogP) is 3.22. The van der Waals surface area contributed by atoms with Crippen LogP contribution < -0.4 is 10.2 Å². The fourth-order valence-electron chi connectivity index (χ4n) is 2.94. The Morgan fingerprint density at radius 3 is 2.88 bits per heavy atom. The third-order valence-electron chi connectivity index (χ3n) is 4.18. The maximum atomic E-state index is 12.4. The molecule has 6 heteroatoms. The number of carbonyl (C=O) groups excluding carboxylic acids is 1. The van der Waals surface area contributed by atoms with Crippen LogP contribution in [0.25, 0.3) is 10.1 Å². The molecule has 0 aliphatic carbocycles. The van der Waals surface area contributed by atoms with E-state index in [1.165, 1.54) is 24.2 Å². The molecule has 0 saturated carbocycles. The minimum atomic E-state index is -0.0774. The number of fused-ring (bicyclic) bond motifs is 1. The van der Waals surface area contributed by atoms with Gasteiger partial charge in [-0.15, -0.1) is 11.3 Å². The standard InChI is InChI=1S/C18H18N4OS/c23-18(15-11-13-5-1-2-6-14(13)24-15)20-12-16-19-8-7-17(21-16)22-9-3-4-10-22/h1-2,5-8,11H,3-4,9-10,12H2,(H,20,23). The number of aromatic nitrogens is 2. The number of nitrogens with one attached hydrogen (secondary N) is 1. The van der Waals surface area contributed by atoms with Crippen molar-refractivity contribution in [1.82, 2.24) is 15.3 Å². The van der Waals surface area contributed by atoms with Gasteiger partial charge in [0.1, 0.15) is 11.6 Å². The van der Waals surface area contributed by atoms with Crippen LogP contribution >= 0.6 is 11.3 Å². The summed E-state index contributed by atoms with van der Waals surface area (Å²) in [6.07, 6.45) is 4.19. The molecule has 4 rings (SSSR count). The molecule has 0 bridgehead atoms. The largest absolute Gasteiger partial charge is 0.357 e. The molecule has 5 nitrogen and oxygen atoms in total. The van der Waals surface area contributed by atoms with E-state index in [0.717, 1.165) is 29.0 Å². The lowest BCUT2D eigenvalue weighted by Crippen LogP contribution is -2.24. The number of amides is 1. The first-order valence-electron chi connectivity index (χ1n) is 8.13. The fourth-order valence-corrected chi connectivity index (χ4v) is 3.92. The molecule has 0 unspecified atom stereocenters. The summed E-state index contributed by atoms with van der Waals surface area (Å²) in [5.74, 6) is 1.52. The first kappa shape index (κ1) is 15.1. The third-order valence-corrected chi connectivity index (χ3v) is 5.29. The van der Waals surface area contributed by atoms with Gasteiger partial charge in [-0.25, -0.2) is 9.97 Å². The van der Waals surface area contributed by atoms with Gasteiger partial charge in [-0.1, -0.05) is 18.2 Å². The highest BCUT2D eigenvalue weighted by atomic mass is 32.1. The van der Waals surface area contributed by atoms with Crippen molar-refractivity contribution in [3.63, 3.8) is 0 Å². The number of thiophene rings is 1. The summed E-state index contributed by atoms with van der Waals surface area (Å²) in [5, 5.41) is 4.02. The number of benzene rings is 1. The highest BCUT2D eigenvalue weighted by Crippen LogP contribution is 2.25. The summed E-state index contributed by atoms with van der Waals surface area (Å²) >= 11 is 1.50. The molecule has 1 aromatic carbocycles. The van der Waals surface area contributed by atoms with Gasteiger partial charge in [-0.2, -0.15) is 0 Å². The van der Waals surface area contributed by atoms with Crippen molar-refractivity contribution >= 4 is 33.1 Å². The molecule has 3 aromatic rings. The molecule has 1 aliphatic rings. The molecule has 2 aromatic heterocycles. The second-order valence-electron chi connectivity index (χ2n) is 5.86. The van der Waals surface area contributed by atoms with Gasteiger partial charge < -0.3 is 10.2 Å². The maximum Gasteiger partial charge on any atom is 0.261 e. The van der Waals surface area contributed by atoms with E-state index in [4.69, 9.17) is 0 Å². The van der Waals surface area contributed by atoms with Crippen LogP contribution in [0.2, 0.25) is 0 Å². The number of hydrogen-bond acceptors (Lipinski definition) is 5. The van der Waals surface area contributed by atoms with E-state index in [-0.39, 0.29) is 5.91 Å². The van der Waals surface area contributed by atoms with Gasteiger partial charge in [0.2, 0.25) is 0 Å². The van der Waals surface area contributed by atoms with E-state index in [1.807, 2.05) is 36.4 Å². The quantitative estimate of drug-likeness (QED) is 0.793. The highest BCUT2D eigenvalue weighted by Gasteiger charge is 2.15. The molecule has 1 amide bonds. The molecule has 1 fully saturated rings. The highest BCUT2D eigenvalue weighted by molar-refractivity contribution is 7.20. The molecular formula is C18H18N4OS. The lowest BCUT2D eigenvalue weighted by atomic mass is 10.2. The minimum absolute atomic E-state index is 0.0774. The molecule has 122 valence electrons. The van der Waals surface area contributed by atoms with E-state index >= 15 is 0 Å². The van der Waals surface area contributed by atoms with E-state index in [2.05, 4.69) is 20.2 Å². The molecule has 1 saturated heterocycles. The topological polar surface area (TPSA) is 58.1 Å². The molecule has 24 heavy (non-hydrogen) atoms. The molecule has 3 heterocycles. The Balaban J connectivity index is 1.44.